The van der Waals surface area contributed by atoms with Gasteiger partial charge in [0.2, 0.25) is 0 Å². The van der Waals surface area contributed by atoms with E-state index in [0.717, 1.165) is 19.3 Å². The van der Waals surface area contributed by atoms with E-state index < -0.39 is 6.10 Å². The molecule has 29 heavy (non-hydrogen) atoms. The van der Waals surface area contributed by atoms with E-state index in [-0.39, 0.29) is 18.8 Å². The lowest BCUT2D eigenvalue weighted by Gasteiger charge is -2.34. The number of aliphatic hydroxyl groups excluding tert-OH is 2. The molecule has 0 aromatic heterocycles. The second kappa shape index (κ2) is 8.59. The van der Waals surface area contributed by atoms with Crippen molar-refractivity contribution in [2.75, 3.05) is 6.61 Å². The van der Waals surface area contributed by atoms with Crippen molar-refractivity contribution in [1.29, 1.82) is 0 Å². The van der Waals surface area contributed by atoms with E-state index >= 15 is 0 Å². The van der Waals surface area contributed by atoms with Crippen molar-refractivity contribution >= 4 is 0 Å². The molecule has 1 aliphatic carbocycles. The fraction of sp³-hybridized carbons (Fsp3) is 0.538. The fourth-order valence-electron chi connectivity index (χ4n) is 5.11. The van der Waals surface area contributed by atoms with Crippen molar-refractivity contribution < 1.29 is 14.9 Å². The largest absolute Gasteiger partial charge is 0.394 e. The lowest BCUT2D eigenvalue weighted by atomic mass is 9.86. The van der Waals surface area contributed by atoms with Crippen LogP contribution in [-0.2, 0) is 24.0 Å². The van der Waals surface area contributed by atoms with Crippen LogP contribution in [0.1, 0.15) is 84.1 Å². The summed E-state index contributed by atoms with van der Waals surface area (Å²) in [5.41, 5.74) is 9.66. The van der Waals surface area contributed by atoms with Gasteiger partial charge in [-0.2, -0.15) is 0 Å². The summed E-state index contributed by atoms with van der Waals surface area (Å²) in [7, 11) is 0. The van der Waals surface area contributed by atoms with Crippen LogP contribution in [0, 0.1) is 6.92 Å². The zero-order chi connectivity index (χ0) is 20.5. The molecule has 0 amide bonds. The van der Waals surface area contributed by atoms with E-state index in [1.54, 1.807) is 0 Å². The number of rotatable bonds is 5. The smallest absolute Gasteiger partial charge is 0.0857 e. The maximum absolute atomic E-state index is 10.3. The van der Waals surface area contributed by atoms with Crippen molar-refractivity contribution in [2.24, 2.45) is 0 Å². The van der Waals surface area contributed by atoms with Gasteiger partial charge in [0.05, 0.1) is 24.9 Å². The number of hydrogen-bond donors (Lipinski definition) is 2. The molecular weight excluding hydrogens is 360 g/mol. The Morgan fingerprint density at radius 1 is 1.07 bits per heavy atom. The van der Waals surface area contributed by atoms with Crippen molar-refractivity contribution in [3.05, 3.63) is 69.3 Å². The van der Waals surface area contributed by atoms with Crippen LogP contribution in [-0.4, -0.2) is 29.0 Å². The van der Waals surface area contributed by atoms with Gasteiger partial charge in [0, 0.05) is 12.8 Å². The molecule has 3 atom stereocenters. The topological polar surface area (TPSA) is 49.7 Å². The van der Waals surface area contributed by atoms with Crippen molar-refractivity contribution in [2.45, 2.75) is 83.5 Å². The highest BCUT2D eigenvalue weighted by molar-refractivity contribution is 5.50. The van der Waals surface area contributed by atoms with Crippen LogP contribution in [0.5, 0.6) is 0 Å². The summed E-state index contributed by atoms with van der Waals surface area (Å²) in [5.74, 6) is 0.550. The molecule has 2 aromatic rings. The summed E-state index contributed by atoms with van der Waals surface area (Å²) >= 11 is 0. The molecule has 1 aliphatic heterocycles. The lowest BCUT2D eigenvalue weighted by Crippen LogP contribution is -2.34. The molecule has 1 heterocycles. The Morgan fingerprint density at radius 2 is 1.79 bits per heavy atom. The molecule has 3 unspecified atom stereocenters. The average Bonchev–Trinajstić information content (AvgIpc) is 3.20. The molecule has 3 heteroatoms. The van der Waals surface area contributed by atoms with E-state index in [1.807, 2.05) is 0 Å². The van der Waals surface area contributed by atoms with Gasteiger partial charge in [-0.25, -0.2) is 0 Å². The minimum atomic E-state index is -0.411. The minimum absolute atomic E-state index is 0.0351. The molecule has 0 radical (unpaired) electrons. The summed E-state index contributed by atoms with van der Waals surface area (Å²) < 4.78 is 6.17. The zero-order valence-electron chi connectivity index (χ0n) is 17.9. The van der Waals surface area contributed by atoms with E-state index in [9.17, 15) is 10.2 Å². The van der Waals surface area contributed by atoms with Crippen LogP contribution in [0.2, 0.25) is 0 Å². The van der Waals surface area contributed by atoms with Gasteiger partial charge in [0.25, 0.3) is 0 Å². The standard InChI is InChI=1S/C26H34O3/c1-16(2)19-9-7-18(8-10-19)11-20-12-25(17(3)23-5-4-6-24(20)23)26-14-21(28)13-22(15-27)29-26/h7-10,12,16,21-22,26-28H,4-6,11,13-15H2,1-3H3. The van der Waals surface area contributed by atoms with E-state index in [1.165, 1.54) is 45.4 Å². The predicted molar refractivity (Wildman–Crippen MR) is 116 cm³/mol. The van der Waals surface area contributed by atoms with Gasteiger partial charge < -0.3 is 14.9 Å². The Morgan fingerprint density at radius 3 is 2.48 bits per heavy atom. The fourth-order valence-corrected chi connectivity index (χ4v) is 5.11. The SMILES string of the molecule is Cc1c(C2CC(O)CC(CO)O2)cc(Cc2ccc(C(C)C)cc2)c2c1CCC2. The molecule has 4 rings (SSSR count). The van der Waals surface area contributed by atoms with Gasteiger partial charge >= 0.3 is 0 Å². The summed E-state index contributed by atoms with van der Waals surface area (Å²) in [5, 5.41) is 19.9. The highest BCUT2D eigenvalue weighted by atomic mass is 16.5. The quantitative estimate of drug-likeness (QED) is 0.768. The van der Waals surface area contributed by atoms with Crippen molar-refractivity contribution in [3.8, 4) is 0 Å². The van der Waals surface area contributed by atoms with Crippen LogP contribution in [0.3, 0.4) is 0 Å². The average molecular weight is 395 g/mol. The Hall–Kier alpha value is -1.68. The summed E-state index contributed by atoms with van der Waals surface area (Å²) in [6, 6.07) is 11.4. The number of aliphatic hydroxyl groups is 2. The van der Waals surface area contributed by atoms with Gasteiger partial charge in [0.15, 0.2) is 0 Å². The number of benzene rings is 2. The van der Waals surface area contributed by atoms with Crippen LogP contribution in [0.15, 0.2) is 30.3 Å². The molecule has 3 nitrogen and oxygen atoms in total. The lowest BCUT2D eigenvalue weighted by molar-refractivity contribution is -0.114. The Bertz CT molecular complexity index is 853. The summed E-state index contributed by atoms with van der Waals surface area (Å²) in [6.07, 6.45) is 4.75. The zero-order valence-corrected chi connectivity index (χ0v) is 17.9. The highest BCUT2D eigenvalue weighted by Crippen LogP contribution is 2.39. The van der Waals surface area contributed by atoms with Gasteiger partial charge in [-0.15, -0.1) is 0 Å². The second-order valence-corrected chi connectivity index (χ2v) is 9.19. The number of fused-ring (bicyclic) bond motifs is 1. The minimum Gasteiger partial charge on any atom is -0.394 e. The first-order chi connectivity index (χ1) is 14.0. The molecule has 1 saturated heterocycles. The van der Waals surface area contributed by atoms with Gasteiger partial charge in [-0.1, -0.05) is 44.2 Å². The third-order valence-electron chi connectivity index (χ3n) is 6.79. The van der Waals surface area contributed by atoms with Crippen LogP contribution in [0.25, 0.3) is 0 Å². The Labute approximate surface area is 174 Å². The Balaban J connectivity index is 1.67. The van der Waals surface area contributed by atoms with Crippen LogP contribution in [0.4, 0.5) is 0 Å². The molecule has 0 bridgehead atoms. The normalized spacial score (nSPS) is 24.1. The van der Waals surface area contributed by atoms with Gasteiger partial charge in [-0.3, -0.25) is 0 Å². The van der Waals surface area contributed by atoms with Gasteiger partial charge in [0.1, 0.15) is 0 Å². The summed E-state index contributed by atoms with van der Waals surface area (Å²) in [6.45, 7) is 6.63. The molecule has 2 aromatic carbocycles. The molecule has 1 fully saturated rings. The maximum Gasteiger partial charge on any atom is 0.0857 e. The Kier molecular flexibility index (Phi) is 6.10. The molecule has 0 saturated carbocycles. The number of hydrogen-bond acceptors (Lipinski definition) is 3. The van der Waals surface area contributed by atoms with Crippen LogP contribution < -0.4 is 0 Å². The molecule has 2 N–H and O–H groups in total. The molecule has 0 spiro atoms. The van der Waals surface area contributed by atoms with Crippen molar-refractivity contribution in [3.63, 3.8) is 0 Å². The first kappa shape index (κ1) is 20.6. The molecular formula is C26H34O3. The highest BCUT2D eigenvalue weighted by Gasteiger charge is 2.31. The first-order valence-corrected chi connectivity index (χ1v) is 11.1. The van der Waals surface area contributed by atoms with E-state index in [0.29, 0.717) is 18.8 Å². The maximum atomic E-state index is 10.3. The van der Waals surface area contributed by atoms with E-state index in [4.69, 9.17) is 4.74 Å². The van der Waals surface area contributed by atoms with Crippen molar-refractivity contribution in [1.82, 2.24) is 0 Å². The monoisotopic (exact) mass is 394 g/mol. The van der Waals surface area contributed by atoms with Gasteiger partial charge in [-0.05, 0) is 77.5 Å². The third kappa shape index (κ3) is 4.28. The van der Waals surface area contributed by atoms with E-state index in [2.05, 4.69) is 51.1 Å². The van der Waals surface area contributed by atoms with Crippen LogP contribution >= 0.6 is 0 Å². The molecule has 2 aliphatic rings. The third-order valence-corrected chi connectivity index (χ3v) is 6.79. The molecule has 156 valence electrons. The first-order valence-electron chi connectivity index (χ1n) is 11.1. The second-order valence-electron chi connectivity index (χ2n) is 9.19. The number of ether oxygens (including phenoxy) is 1. The predicted octanol–water partition coefficient (Wildman–Crippen LogP) is 4.77. The summed E-state index contributed by atoms with van der Waals surface area (Å²) in [4.78, 5) is 0.